The van der Waals surface area contributed by atoms with Gasteiger partial charge in [-0.25, -0.2) is 4.98 Å². The zero-order chi connectivity index (χ0) is 20.3. The second-order valence-electron chi connectivity index (χ2n) is 9.06. The Morgan fingerprint density at radius 2 is 2.17 bits per heavy atom. The van der Waals surface area contributed by atoms with E-state index in [1.54, 1.807) is 35.9 Å². The highest BCUT2D eigenvalue weighted by Gasteiger charge is 2.58. The molecule has 1 N–H and O–H groups in total. The Bertz CT molecular complexity index is 975. The molecule has 0 radical (unpaired) electrons. The Morgan fingerprint density at radius 1 is 1.34 bits per heavy atom. The highest BCUT2D eigenvalue weighted by Crippen LogP contribution is 2.59. The molecule has 0 spiro atoms. The van der Waals surface area contributed by atoms with Gasteiger partial charge in [-0.2, -0.15) is 0 Å². The number of esters is 1. The van der Waals surface area contributed by atoms with Crippen molar-refractivity contribution in [2.75, 3.05) is 5.32 Å². The van der Waals surface area contributed by atoms with Gasteiger partial charge in [-0.15, -0.1) is 11.3 Å². The van der Waals surface area contributed by atoms with Gasteiger partial charge < -0.3 is 4.74 Å². The van der Waals surface area contributed by atoms with E-state index in [1.807, 2.05) is 6.92 Å². The summed E-state index contributed by atoms with van der Waals surface area (Å²) in [7, 11) is 0. The second kappa shape index (κ2) is 6.62. The number of amides is 1. The molecule has 1 aliphatic heterocycles. The van der Waals surface area contributed by atoms with Crippen LogP contribution in [0.15, 0.2) is 24.5 Å². The minimum Gasteiger partial charge on any atom is -0.461 e. The minimum absolute atomic E-state index is 0.0112. The van der Waals surface area contributed by atoms with Gasteiger partial charge >= 0.3 is 5.97 Å². The predicted octanol–water partition coefficient (Wildman–Crippen LogP) is 4.04. The molecular formula is C22H25N3O3S. The molecule has 152 valence electrons. The van der Waals surface area contributed by atoms with Gasteiger partial charge in [0.15, 0.2) is 5.13 Å². The van der Waals surface area contributed by atoms with Crippen LogP contribution in [0.5, 0.6) is 0 Å². The van der Waals surface area contributed by atoms with Crippen LogP contribution >= 0.6 is 11.3 Å². The molecule has 1 saturated carbocycles. The van der Waals surface area contributed by atoms with Crippen LogP contribution in [0.4, 0.5) is 5.13 Å². The van der Waals surface area contributed by atoms with Gasteiger partial charge in [-0.1, -0.05) is 20.8 Å². The Kier molecular flexibility index (Phi) is 4.28. The molecule has 2 aliphatic carbocycles. The largest absolute Gasteiger partial charge is 0.461 e. The number of hydrogen-bond acceptors (Lipinski definition) is 6. The highest BCUT2D eigenvalue weighted by molar-refractivity contribution is 7.15. The Morgan fingerprint density at radius 3 is 2.93 bits per heavy atom. The number of pyridine rings is 1. The summed E-state index contributed by atoms with van der Waals surface area (Å²) in [5, 5.41) is 3.56. The zero-order valence-corrected chi connectivity index (χ0v) is 17.7. The van der Waals surface area contributed by atoms with Crippen LogP contribution in [0, 0.1) is 23.2 Å². The van der Waals surface area contributed by atoms with Gasteiger partial charge in [0.1, 0.15) is 6.10 Å². The van der Waals surface area contributed by atoms with E-state index in [0.717, 1.165) is 25.0 Å². The number of thiazole rings is 1. The maximum absolute atomic E-state index is 12.5. The molecule has 29 heavy (non-hydrogen) atoms. The fraction of sp³-hybridized carbons (Fsp3) is 0.545. The summed E-state index contributed by atoms with van der Waals surface area (Å²) in [6.45, 7) is 6.54. The van der Waals surface area contributed by atoms with Gasteiger partial charge in [-0.3, -0.25) is 19.9 Å². The minimum atomic E-state index is -0.195. The fourth-order valence-electron chi connectivity index (χ4n) is 5.80. The third-order valence-corrected chi connectivity index (χ3v) is 8.29. The van der Waals surface area contributed by atoms with E-state index in [4.69, 9.17) is 9.72 Å². The number of hydrogen-bond donors (Lipinski definition) is 1. The van der Waals surface area contributed by atoms with Crippen LogP contribution in [0.25, 0.3) is 0 Å². The highest BCUT2D eigenvalue weighted by atomic mass is 32.1. The van der Waals surface area contributed by atoms with Crippen LogP contribution in [0.3, 0.4) is 0 Å². The number of ether oxygens (including phenoxy) is 1. The number of carbonyl (C=O) groups excluding carboxylic acids is 2. The topological polar surface area (TPSA) is 81.2 Å². The lowest BCUT2D eigenvalue weighted by molar-refractivity contribution is -0.149. The van der Waals surface area contributed by atoms with Crippen molar-refractivity contribution in [2.24, 2.45) is 23.2 Å². The van der Waals surface area contributed by atoms with Crippen LogP contribution in [-0.2, 0) is 16.0 Å². The van der Waals surface area contributed by atoms with Crippen molar-refractivity contribution in [3.8, 4) is 0 Å². The molecule has 0 unspecified atom stereocenters. The number of anilines is 1. The van der Waals surface area contributed by atoms with Crippen molar-refractivity contribution in [3.05, 3.63) is 40.7 Å². The summed E-state index contributed by atoms with van der Waals surface area (Å²) in [4.78, 5) is 34.8. The molecule has 7 heteroatoms. The van der Waals surface area contributed by atoms with Gasteiger partial charge in [0.2, 0.25) is 0 Å². The molecule has 3 aliphatic rings. The van der Waals surface area contributed by atoms with Crippen LogP contribution < -0.4 is 5.32 Å². The Labute approximate surface area is 174 Å². The van der Waals surface area contributed by atoms with E-state index in [1.165, 1.54) is 4.88 Å². The normalized spacial score (nSPS) is 35.3. The van der Waals surface area contributed by atoms with Crippen molar-refractivity contribution < 1.29 is 14.3 Å². The maximum Gasteiger partial charge on any atom is 0.309 e. The number of rotatable bonds is 2. The Balaban J connectivity index is 1.44. The van der Waals surface area contributed by atoms with Crippen LogP contribution in [0.2, 0.25) is 0 Å². The van der Waals surface area contributed by atoms with Crippen molar-refractivity contribution >= 4 is 28.3 Å². The monoisotopic (exact) mass is 411 g/mol. The molecule has 0 bridgehead atoms. The first-order valence-corrected chi connectivity index (χ1v) is 11.1. The Hall–Kier alpha value is -2.28. The third kappa shape index (κ3) is 2.89. The van der Waals surface area contributed by atoms with Crippen LogP contribution in [-0.4, -0.2) is 27.9 Å². The molecule has 6 atom stereocenters. The molecule has 5 rings (SSSR count). The summed E-state index contributed by atoms with van der Waals surface area (Å²) in [5.74, 6) is 0.515. The van der Waals surface area contributed by atoms with Crippen molar-refractivity contribution in [3.63, 3.8) is 0 Å². The molecule has 6 nitrogen and oxygen atoms in total. The third-order valence-electron chi connectivity index (χ3n) is 7.30. The van der Waals surface area contributed by atoms with E-state index in [9.17, 15) is 9.59 Å². The number of fused-ring (bicyclic) bond motifs is 4. The van der Waals surface area contributed by atoms with Gasteiger partial charge in [0.05, 0.1) is 17.2 Å². The summed E-state index contributed by atoms with van der Waals surface area (Å²) < 4.78 is 5.89. The standard InChI is InChI=1S/C22H25N3O3S/c1-11-14-6-7-22(3)9-15-17(12(2)16(22)18(14)28-20(11)27)24-21(29-15)25-19(26)13-5-4-8-23-10-13/h4-5,8,10-12,14,16,18H,6-7,9H2,1-3H3,(H,24,25,26)/t11-,12-,14-,16+,18-,22-/m0/s1. The fourth-order valence-corrected chi connectivity index (χ4v) is 7.06. The number of nitrogens with zero attached hydrogens (tertiary/aromatic N) is 2. The molecular weight excluding hydrogens is 386 g/mol. The summed E-state index contributed by atoms with van der Waals surface area (Å²) in [6, 6.07) is 3.49. The number of nitrogens with one attached hydrogen (secondary N) is 1. The quantitative estimate of drug-likeness (QED) is 0.754. The first-order chi connectivity index (χ1) is 13.9. The zero-order valence-electron chi connectivity index (χ0n) is 16.8. The van der Waals surface area contributed by atoms with Crippen molar-refractivity contribution in [1.82, 2.24) is 9.97 Å². The molecule has 2 aromatic heterocycles. The lowest BCUT2D eigenvalue weighted by atomic mass is 9.54. The predicted molar refractivity (Wildman–Crippen MR) is 110 cm³/mol. The molecule has 2 fully saturated rings. The van der Waals surface area contributed by atoms with E-state index in [2.05, 4.69) is 24.1 Å². The first kappa shape index (κ1) is 18.7. The first-order valence-electron chi connectivity index (χ1n) is 10.3. The van der Waals surface area contributed by atoms with Gasteiger partial charge in [0, 0.05) is 35.0 Å². The molecule has 3 heterocycles. The van der Waals surface area contributed by atoms with E-state index < -0.39 is 0 Å². The van der Waals surface area contributed by atoms with Crippen LogP contribution in [0.1, 0.15) is 60.5 Å². The summed E-state index contributed by atoms with van der Waals surface area (Å²) in [6.07, 6.45) is 6.24. The van der Waals surface area contributed by atoms with E-state index >= 15 is 0 Å². The number of carbonyl (C=O) groups is 2. The van der Waals surface area contributed by atoms with Crippen molar-refractivity contribution in [2.45, 2.75) is 52.1 Å². The van der Waals surface area contributed by atoms with E-state index in [0.29, 0.717) is 16.6 Å². The molecule has 1 amide bonds. The molecule has 0 aromatic carbocycles. The second-order valence-corrected chi connectivity index (χ2v) is 10.1. The van der Waals surface area contributed by atoms with Crippen molar-refractivity contribution in [1.29, 1.82) is 0 Å². The molecule has 1 saturated heterocycles. The molecule has 2 aromatic rings. The SMILES string of the molecule is C[C@@H]1C(=O)O[C@H]2[C@H]1CC[C@@]1(C)Cc3sc(NC(=O)c4cccnc4)nc3[C@@H](C)[C@H]21. The average molecular weight is 412 g/mol. The summed E-state index contributed by atoms with van der Waals surface area (Å²) >= 11 is 1.57. The van der Waals surface area contributed by atoms with Gasteiger partial charge in [0.25, 0.3) is 5.91 Å². The maximum atomic E-state index is 12.5. The average Bonchev–Trinajstić information content (AvgIpc) is 3.22. The van der Waals surface area contributed by atoms with Gasteiger partial charge in [-0.05, 0) is 36.8 Å². The number of aromatic nitrogens is 2. The smallest absolute Gasteiger partial charge is 0.309 e. The lowest BCUT2D eigenvalue weighted by Crippen LogP contribution is -2.50. The summed E-state index contributed by atoms with van der Waals surface area (Å²) in [5.41, 5.74) is 1.66. The van der Waals surface area contributed by atoms with E-state index in [-0.39, 0.29) is 41.1 Å². The lowest BCUT2D eigenvalue weighted by Gasteiger charge is -2.51.